The van der Waals surface area contributed by atoms with Crippen LogP contribution in [-0.2, 0) is 4.79 Å². The van der Waals surface area contributed by atoms with Crippen LogP contribution in [-0.4, -0.2) is 23.7 Å². The molecular formula is C14H21BrN2OS. The Morgan fingerprint density at radius 2 is 2.26 bits per heavy atom. The van der Waals surface area contributed by atoms with Gasteiger partial charge in [-0.1, -0.05) is 28.9 Å². The number of rotatable bonds is 8. The summed E-state index contributed by atoms with van der Waals surface area (Å²) in [6.07, 6.45) is 1.71. The van der Waals surface area contributed by atoms with Crippen molar-refractivity contribution in [1.82, 2.24) is 5.32 Å². The van der Waals surface area contributed by atoms with Gasteiger partial charge in [0.2, 0.25) is 5.91 Å². The van der Waals surface area contributed by atoms with Crippen LogP contribution in [0.5, 0.6) is 0 Å². The van der Waals surface area contributed by atoms with E-state index in [-0.39, 0.29) is 5.91 Å². The molecule has 1 rings (SSSR count). The molecule has 3 N–H and O–H groups in total. The Hall–Kier alpha value is -0.520. The average molecular weight is 345 g/mol. The molecule has 3 nitrogen and oxygen atoms in total. The number of nitrogens with one attached hydrogen (secondary N) is 1. The second-order valence-electron chi connectivity index (χ2n) is 4.64. The molecule has 0 saturated carbocycles. The Kier molecular flexibility index (Phi) is 6.89. The maximum Gasteiger partial charge on any atom is 0.237 e. The lowest BCUT2D eigenvalue weighted by Crippen LogP contribution is -2.53. The Morgan fingerprint density at radius 1 is 1.53 bits per heavy atom. The Balaban J connectivity index is 2.39. The van der Waals surface area contributed by atoms with E-state index in [0.29, 0.717) is 0 Å². The van der Waals surface area contributed by atoms with Gasteiger partial charge in [-0.05, 0) is 50.3 Å². The van der Waals surface area contributed by atoms with Gasteiger partial charge in [-0.25, -0.2) is 0 Å². The van der Waals surface area contributed by atoms with E-state index >= 15 is 0 Å². The summed E-state index contributed by atoms with van der Waals surface area (Å²) < 4.78 is 1.09. The minimum absolute atomic E-state index is 0.276. The molecule has 106 valence electrons. The molecule has 5 heteroatoms. The molecular weight excluding hydrogens is 324 g/mol. The van der Waals surface area contributed by atoms with Crippen molar-refractivity contribution >= 4 is 33.6 Å². The number of amides is 1. The van der Waals surface area contributed by atoms with Crippen LogP contribution in [0.1, 0.15) is 26.7 Å². The molecule has 0 aliphatic heterocycles. The van der Waals surface area contributed by atoms with Crippen molar-refractivity contribution in [1.29, 1.82) is 0 Å². The zero-order valence-corrected chi connectivity index (χ0v) is 13.8. The van der Waals surface area contributed by atoms with Gasteiger partial charge in [0.15, 0.2) is 0 Å². The number of likely N-dealkylation sites (N-methyl/N-ethyl adjacent to an activating group) is 1. The largest absolute Gasteiger partial charge is 0.368 e. The molecule has 19 heavy (non-hydrogen) atoms. The van der Waals surface area contributed by atoms with Gasteiger partial charge < -0.3 is 11.1 Å². The first-order valence-corrected chi connectivity index (χ1v) is 8.19. The van der Waals surface area contributed by atoms with E-state index in [1.54, 1.807) is 11.8 Å². The van der Waals surface area contributed by atoms with Gasteiger partial charge in [0.25, 0.3) is 0 Å². The van der Waals surface area contributed by atoms with Crippen LogP contribution in [0, 0.1) is 0 Å². The lowest BCUT2D eigenvalue weighted by Gasteiger charge is -2.26. The lowest BCUT2D eigenvalue weighted by molar-refractivity contribution is -0.124. The third-order valence-corrected chi connectivity index (χ3v) is 4.57. The fourth-order valence-corrected chi connectivity index (χ4v) is 3.32. The third-order valence-electron chi connectivity index (χ3n) is 3.00. The van der Waals surface area contributed by atoms with Gasteiger partial charge in [0, 0.05) is 9.37 Å². The predicted octanol–water partition coefficient (Wildman–Crippen LogP) is 3.17. The van der Waals surface area contributed by atoms with Crippen molar-refractivity contribution < 1.29 is 4.79 Å². The predicted molar refractivity (Wildman–Crippen MR) is 85.4 cm³/mol. The summed E-state index contributed by atoms with van der Waals surface area (Å²) in [6.45, 7) is 4.61. The Bertz CT molecular complexity index is 428. The van der Waals surface area contributed by atoms with E-state index in [1.807, 2.05) is 26.0 Å². The molecule has 0 bridgehead atoms. The van der Waals surface area contributed by atoms with E-state index in [9.17, 15) is 4.79 Å². The molecule has 0 aliphatic rings. The van der Waals surface area contributed by atoms with E-state index < -0.39 is 5.54 Å². The number of nitrogens with two attached hydrogens (primary N) is 1. The average Bonchev–Trinajstić information content (AvgIpc) is 2.35. The molecule has 0 aliphatic carbocycles. The number of halogens is 1. The van der Waals surface area contributed by atoms with Gasteiger partial charge in [0.05, 0.1) is 5.54 Å². The normalized spacial score (nSPS) is 14.1. The molecule has 0 heterocycles. The highest BCUT2D eigenvalue weighted by Crippen LogP contribution is 2.24. The van der Waals surface area contributed by atoms with E-state index in [0.717, 1.165) is 29.6 Å². The first-order valence-electron chi connectivity index (χ1n) is 6.41. The maximum atomic E-state index is 11.5. The molecule has 0 radical (unpaired) electrons. The number of primary amides is 1. The topological polar surface area (TPSA) is 55.1 Å². The van der Waals surface area contributed by atoms with Crippen LogP contribution >= 0.6 is 27.7 Å². The van der Waals surface area contributed by atoms with Gasteiger partial charge in [0.1, 0.15) is 0 Å². The number of hydrogen-bond donors (Lipinski definition) is 2. The third kappa shape index (κ3) is 5.55. The second kappa shape index (κ2) is 7.92. The van der Waals surface area contributed by atoms with E-state index in [2.05, 4.69) is 33.4 Å². The zero-order valence-electron chi connectivity index (χ0n) is 11.4. The summed E-state index contributed by atoms with van der Waals surface area (Å²) in [4.78, 5) is 12.7. The van der Waals surface area contributed by atoms with Crippen LogP contribution in [0.4, 0.5) is 0 Å². The number of benzene rings is 1. The molecule has 1 aromatic rings. The molecule has 1 unspecified atom stereocenters. The minimum Gasteiger partial charge on any atom is -0.368 e. The first kappa shape index (κ1) is 16.5. The molecule has 1 aromatic carbocycles. The van der Waals surface area contributed by atoms with E-state index in [1.165, 1.54) is 4.90 Å². The van der Waals surface area contributed by atoms with Crippen LogP contribution in [0.25, 0.3) is 0 Å². The highest BCUT2D eigenvalue weighted by atomic mass is 79.9. The smallest absolute Gasteiger partial charge is 0.237 e. The summed E-state index contributed by atoms with van der Waals surface area (Å²) in [7, 11) is 0. The number of carbonyl (C=O) groups is 1. The van der Waals surface area contributed by atoms with Crippen molar-refractivity contribution in [2.75, 3.05) is 12.3 Å². The molecule has 1 amide bonds. The lowest BCUT2D eigenvalue weighted by atomic mass is 9.95. The number of hydrogen-bond acceptors (Lipinski definition) is 3. The summed E-state index contributed by atoms with van der Waals surface area (Å²) in [5.74, 6) is 0.701. The second-order valence-corrected chi connectivity index (χ2v) is 6.72. The molecule has 1 atom stereocenters. The van der Waals surface area contributed by atoms with E-state index in [4.69, 9.17) is 5.73 Å². The SMILES string of the molecule is CCNC(C)(CCCSc1cccc(Br)c1)C(N)=O. The van der Waals surface area contributed by atoms with Crippen molar-refractivity contribution in [2.45, 2.75) is 37.1 Å². The van der Waals surface area contributed by atoms with Crippen molar-refractivity contribution in [2.24, 2.45) is 5.73 Å². The fourth-order valence-electron chi connectivity index (χ4n) is 1.86. The monoisotopic (exact) mass is 344 g/mol. The fraction of sp³-hybridized carbons (Fsp3) is 0.500. The zero-order chi connectivity index (χ0) is 14.3. The highest BCUT2D eigenvalue weighted by Gasteiger charge is 2.28. The van der Waals surface area contributed by atoms with Crippen LogP contribution in [0.3, 0.4) is 0 Å². The van der Waals surface area contributed by atoms with Crippen molar-refractivity contribution in [3.05, 3.63) is 28.7 Å². The molecule has 0 fully saturated rings. The quantitative estimate of drug-likeness (QED) is 0.562. The van der Waals surface area contributed by atoms with Crippen molar-refractivity contribution in [3.63, 3.8) is 0 Å². The first-order chi connectivity index (χ1) is 8.98. The molecule has 0 aromatic heterocycles. The summed E-state index contributed by atoms with van der Waals surface area (Å²) in [6, 6.07) is 8.23. The van der Waals surface area contributed by atoms with Crippen LogP contribution < -0.4 is 11.1 Å². The van der Waals surface area contributed by atoms with Gasteiger partial charge in [-0.2, -0.15) is 0 Å². The van der Waals surface area contributed by atoms with Crippen molar-refractivity contribution in [3.8, 4) is 0 Å². The molecule has 0 spiro atoms. The summed E-state index contributed by atoms with van der Waals surface area (Å²) in [5, 5.41) is 3.17. The molecule has 0 saturated heterocycles. The highest BCUT2D eigenvalue weighted by molar-refractivity contribution is 9.10. The van der Waals surface area contributed by atoms with Gasteiger partial charge in [-0.3, -0.25) is 4.79 Å². The van der Waals surface area contributed by atoms with Crippen LogP contribution in [0.15, 0.2) is 33.6 Å². The number of thioether (sulfide) groups is 1. The standard InChI is InChI=1S/C14H21BrN2OS/c1-3-17-14(2,13(16)18)8-5-9-19-12-7-4-6-11(15)10-12/h4,6-7,10,17H,3,5,8-9H2,1-2H3,(H2,16,18). The van der Waals surface area contributed by atoms with Crippen LogP contribution in [0.2, 0.25) is 0 Å². The van der Waals surface area contributed by atoms with Gasteiger partial charge >= 0.3 is 0 Å². The Morgan fingerprint density at radius 3 is 2.84 bits per heavy atom. The Labute approximate surface area is 127 Å². The summed E-state index contributed by atoms with van der Waals surface area (Å²) in [5.41, 5.74) is 4.87. The summed E-state index contributed by atoms with van der Waals surface area (Å²) >= 11 is 5.25. The van der Waals surface area contributed by atoms with Gasteiger partial charge in [-0.15, -0.1) is 11.8 Å². The minimum atomic E-state index is -0.591. The maximum absolute atomic E-state index is 11.5. The number of carbonyl (C=O) groups excluding carboxylic acids is 1.